The number of carbonyl (C=O) groups is 2. The molecule has 1 heterocycles. The van der Waals surface area contributed by atoms with Gasteiger partial charge in [-0.3, -0.25) is 9.59 Å². The van der Waals surface area contributed by atoms with E-state index < -0.39 is 11.8 Å². The zero-order valence-corrected chi connectivity index (χ0v) is 18.3. The molecular formula is C24H34N4O2+2. The lowest BCUT2D eigenvalue weighted by Gasteiger charge is -2.33. The van der Waals surface area contributed by atoms with E-state index in [0.717, 1.165) is 32.6 Å². The summed E-state index contributed by atoms with van der Waals surface area (Å²) in [6, 6.07) is 16.2. The Morgan fingerprint density at radius 2 is 1.57 bits per heavy atom. The first-order valence-corrected chi connectivity index (χ1v) is 10.9. The van der Waals surface area contributed by atoms with Crippen LogP contribution in [0.2, 0.25) is 0 Å². The van der Waals surface area contributed by atoms with Crippen LogP contribution < -0.4 is 20.4 Å². The van der Waals surface area contributed by atoms with Crippen molar-refractivity contribution in [1.29, 1.82) is 0 Å². The van der Waals surface area contributed by atoms with Crippen molar-refractivity contribution in [3.05, 3.63) is 65.2 Å². The molecule has 1 aliphatic heterocycles. The number of quaternary nitrogens is 2. The number of nitrogens with one attached hydrogen (secondary N) is 4. The molecule has 0 radical (unpaired) electrons. The van der Waals surface area contributed by atoms with Gasteiger partial charge in [-0.05, 0) is 31.0 Å². The molecule has 1 saturated heterocycles. The maximum Gasteiger partial charge on any atom is 0.313 e. The van der Waals surface area contributed by atoms with Gasteiger partial charge < -0.3 is 20.4 Å². The Hall–Kier alpha value is -2.70. The Labute approximate surface area is 179 Å². The van der Waals surface area contributed by atoms with E-state index in [1.54, 1.807) is 4.90 Å². The summed E-state index contributed by atoms with van der Waals surface area (Å²) in [6.45, 7) is 8.92. The second kappa shape index (κ2) is 10.4. The maximum atomic E-state index is 12.5. The normalized spacial score (nSPS) is 19.7. The molecule has 3 rings (SSSR count). The van der Waals surface area contributed by atoms with Gasteiger partial charge in [-0.15, -0.1) is 0 Å². The lowest BCUT2D eigenvalue weighted by molar-refractivity contribution is -1.02. The summed E-state index contributed by atoms with van der Waals surface area (Å²) < 4.78 is 0. The van der Waals surface area contributed by atoms with E-state index in [2.05, 4.69) is 55.8 Å². The first-order valence-electron chi connectivity index (χ1n) is 10.9. The Balaban J connectivity index is 1.62. The van der Waals surface area contributed by atoms with Gasteiger partial charge in [0.05, 0.1) is 13.6 Å². The largest absolute Gasteiger partial charge is 0.341 e. The second-order valence-electron chi connectivity index (χ2n) is 8.29. The molecule has 0 spiro atoms. The average Bonchev–Trinajstić information content (AvgIpc) is 2.76. The number of rotatable bonds is 6. The van der Waals surface area contributed by atoms with Gasteiger partial charge in [0.1, 0.15) is 32.2 Å². The summed E-state index contributed by atoms with van der Waals surface area (Å²) >= 11 is 0. The highest BCUT2D eigenvalue weighted by molar-refractivity contribution is 6.39. The van der Waals surface area contributed by atoms with E-state index >= 15 is 0 Å². The van der Waals surface area contributed by atoms with Crippen molar-refractivity contribution >= 4 is 17.5 Å². The van der Waals surface area contributed by atoms with Crippen LogP contribution in [0, 0.1) is 6.92 Å². The minimum atomic E-state index is -0.625. The quantitative estimate of drug-likeness (QED) is 0.497. The van der Waals surface area contributed by atoms with Gasteiger partial charge in [-0.25, -0.2) is 0 Å². The highest BCUT2D eigenvalue weighted by atomic mass is 16.2. The van der Waals surface area contributed by atoms with E-state index in [-0.39, 0.29) is 6.04 Å². The van der Waals surface area contributed by atoms with Crippen LogP contribution in [0.15, 0.2) is 48.5 Å². The Bertz CT molecular complexity index is 841. The highest BCUT2D eigenvalue weighted by Crippen LogP contribution is 2.12. The topological polar surface area (TPSA) is 67.1 Å². The van der Waals surface area contributed by atoms with Crippen molar-refractivity contribution in [3.8, 4) is 0 Å². The number of carbonyl (C=O) groups excluding carboxylic acids is 2. The lowest BCUT2D eigenvalue weighted by atomic mass is 10.0. The zero-order valence-electron chi connectivity index (χ0n) is 18.3. The molecule has 160 valence electrons. The molecule has 4 N–H and O–H groups in total. The van der Waals surface area contributed by atoms with Crippen LogP contribution in [0.25, 0.3) is 0 Å². The minimum Gasteiger partial charge on any atom is -0.341 e. The standard InChI is InChI=1S/C24H32N4O2/c1-4-19-7-11-21(12-8-19)26-24(30)23(29)25-17-22(20-9-5-18(2)6-10-20)28-15-13-27(3)14-16-28/h5-12,22H,4,13-17H2,1-3H3,(H,25,29)(H,26,30)/p+2/t22-/m0/s1. The molecule has 1 fully saturated rings. The number of hydrogen-bond donors (Lipinski definition) is 4. The molecule has 2 aromatic carbocycles. The van der Waals surface area contributed by atoms with Crippen molar-refractivity contribution < 1.29 is 19.4 Å². The molecule has 0 unspecified atom stereocenters. The fourth-order valence-electron chi connectivity index (χ4n) is 3.93. The van der Waals surface area contributed by atoms with Crippen LogP contribution in [-0.2, 0) is 16.0 Å². The summed E-state index contributed by atoms with van der Waals surface area (Å²) in [6.07, 6.45) is 0.936. The van der Waals surface area contributed by atoms with Gasteiger partial charge in [0, 0.05) is 11.3 Å². The summed E-state index contributed by atoms with van der Waals surface area (Å²) in [5, 5.41) is 5.56. The number of likely N-dealkylation sites (N-methyl/N-ethyl adjacent to an activating group) is 1. The average molecular weight is 411 g/mol. The smallest absolute Gasteiger partial charge is 0.313 e. The van der Waals surface area contributed by atoms with Crippen molar-refractivity contribution in [2.24, 2.45) is 0 Å². The van der Waals surface area contributed by atoms with Gasteiger partial charge >= 0.3 is 11.8 Å². The van der Waals surface area contributed by atoms with Gasteiger partial charge in [0.25, 0.3) is 0 Å². The van der Waals surface area contributed by atoms with E-state index in [4.69, 9.17) is 0 Å². The number of benzene rings is 2. The molecule has 2 aromatic rings. The molecule has 6 nitrogen and oxygen atoms in total. The van der Waals surface area contributed by atoms with Gasteiger partial charge in [0.15, 0.2) is 0 Å². The summed E-state index contributed by atoms with van der Waals surface area (Å²) in [4.78, 5) is 27.8. The minimum absolute atomic E-state index is 0.138. The summed E-state index contributed by atoms with van der Waals surface area (Å²) in [5.41, 5.74) is 4.24. The van der Waals surface area contributed by atoms with Crippen molar-refractivity contribution in [2.75, 3.05) is 45.1 Å². The van der Waals surface area contributed by atoms with Crippen molar-refractivity contribution in [1.82, 2.24) is 5.32 Å². The van der Waals surface area contributed by atoms with Gasteiger partial charge in [-0.1, -0.05) is 48.9 Å². The predicted molar refractivity (Wildman–Crippen MR) is 119 cm³/mol. The molecule has 0 aliphatic carbocycles. The van der Waals surface area contributed by atoms with Gasteiger partial charge in [0.2, 0.25) is 0 Å². The molecule has 6 heteroatoms. The van der Waals surface area contributed by atoms with E-state index in [1.807, 2.05) is 24.3 Å². The molecule has 1 aliphatic rings. The third-order valence-corrected chi connectivity index (χ3v) is 6.01. The van der Waals surface area contributed by atoms with Crippen LogP contribution in [0.5, 0.6) is 0 Å². The van der Waals surface area contributed by atoms with Crippen molar-refractivity contribution in [3.63, 3.8) is 0 Å². The van der Waals surface area contributed by atoms with Crippen LogP contribution >= 0.6 is 0 Å². The lowest BCUT2D eigenvalue weighted by Crippen LogP contribution is -3.27. The summed E-state index contributed by atoms with van der Waals surface area (Å²) in [5.74, 6) is -1.22. The van der Waals surface area contributed by atoms with Crippen LogP contribution in [0.1, 0.15) is 29.7 Å². The maximum absolute atomic E-state index is 12.5. The molecule has 0 saturated carbocycles. The number of hydrogen-bond acceptors (Lipinski definition) is 2. The highest BCUT2D eigenvalue weighted by Gasteiger charge is 2.30. The Morgan fingerprint density at radius 1 is 0.933 bits per heavy atom. The molecule has 1 atom stereocenters. The fraction of sp³-hybridized carbons (Fsp3) is 0.417. The summed E-state index contributed by atoms with van der Waals surface area (Å²) in [7, 11) is 2.22. The van der Waals surface area contributed by atoms with E-state index in [1.165, 1.54) is 21.6 Å². The van der Waals surface area contributed by atoms with Crippen LogP contribution in [0.3, 0.4) is 0 Å². The van der Waals surface area contributed by atoms with Crippen LogP contribution in [-0.4, -0.2) is 51.6 Å². The third kappa shape index (κ3) is 5.90. The molecule has 0 aromatic heterocycles. The van der Waals surface area contributed by atoms with Crippen LogP contribution in [0.4, 0.5) is 5.69 Å². The molecule has 2 amide bonds. The Morgan fingerprint density at radius 3 is 2.17 bits per heavy atom. The van der Waals surface area contributed by atoms with Crippen molar-refractivity contribution in [2.45, 2.75) is 26.3 Å². The van der Waals surface area contributed by atoms with E-state index in [0.29, 0.717) is 12.2 Å². The Kier molecular flexibility index (Phi) is 7.60. The van der Waals surface area contributed by atoms with Gasteiger partial charge in [-0.2, -0.15) is 0 Å². The fourth-order valence-corrected chi connectivity index (χ4v) is 3.93. The zero-order chi connectivity index (χ0) is 21.5. The molecular weight excluding hydrogens is 376 g/mol. The number of piperazine rings is 1. The number of anilines is 1. The predicted octanol–water partition coefficient (Wildman–Crippen LogP) is -0.233. The van der Waals surface area contributed by atoms with E-state index in [9.17, 15) is 9.59 Å². The number of amides is 2. The monoisotopic (exact) mass is 410 g/mol. The third-order valence-electron chi connectivity index (χ3n) is 6.01. The first-order chi connectivity index (χ1) is 14.5. The molecule has 30 heavy (non-hydrogen) atoms. The second-order valence-corrected chi connectivity index (χ2v) is 8.29. The SMILES string of the molecule is CCc1ccc(NC(=O)C(=O)NC[C@@H](c2ccc(C)cc2)[NH+]2CC[NH+](C)CC2)cc1. The number of aryl methyl sites for hydroxylation is 2. The molecule has 0 bridgehead atoms. The first kappa shape index (κ1) is 22.0.